The van der Waals surface area contributed by atoms with Crippen molar-refractivity contribution >= 4 is 12.0 Å². The van der Waals surface area contributed by atoms with Gasteiger partial charge in [0, 0.05) is 25.0 Å². The molecule has 0 unspecified atom stereocenters. The third-order valence-corrected chi connectivity index (χ3v) is 4.07. The van der Waals surface area contributed by atoms with E-state index in [4.69, 9.17) is 4.74 Å². The van der Waals surface area contributed by atoms with Crippen molar-refractivity contribution in [1.82, 2.24) is 15.1 Å². The highest BCUT2D eigenvalue weighted by Crippen LogP contribution is 2.18. The zero-order valence-corrected chi connectivity index (χ0v) is 14.9. The number of hydrogen-bond acceptors (Lipinski definition) is 3. The highest BCUT2D eigenvalue weighted by Gasteiger charge is 2.05. The van der Waals surface area contributed by atoms with Crippen LogP contribution >= 0.6 is 0 Å². The number of benzene rings is 2. The van der Waals surface area contributed by atoms with E-state index in [0.717, 1.165) is 11.1 Å². The summed E-state index contributed by atoms with van der Waals surface area (Å²) in [7, 11) is 1.41. The molecule has 6 heteroatoms. The lowest BCUT2D eigenvalue weighted by atomic mass is 10.1. The summed E-state index contributed by atoms with van der Waals surface area (Å²) in [4.78, 5) is 12.1. The smallest absolute Gasteiger partial charge is 0.244 e. The summed E-state index contributed by atoms with van der Waals surface area (Å²) < 4.78 is 20.4. The topological polar surface area (TPSA) is 56.1 Å². The Kier molecular flexibility index (Phi) is 5.99. The number of carbonyl (C=O) groups is 1. The fourth-order valence-electron chi connectivity index (χ4n) is 2.65. The SMILES string of the molecule is COc1ccc(/C=C/C(=O)NCc2ccccc2Cn2cccn2)cc1F. The van der Waals surface area contributed by atoms with E-state index >= 15 is 0 Å². The third-order valence-electron chi connectivity index (χ3n) is 4.07. The molecule has 1 amide bonds. The van der Waals surface area contributed by atoms with Crippen LogP contribution in [-0.2, 0) is 17.9 Å². The minimum Gasteiger partial charge on any atom is -0.494 e. The monoisotopic (exact) mass is 365 g/mol. The van der Waals surface area contributed by atoms with Gasteiger partial charge in [0.05, 0.1) is 13.7 Å². The number of carbonyl (C=O) groups excluding carboxylic acids is 1. The molecule has 0 saturated heterocycles. The molecule has 2 aromatic carbocycles. The number of ether oxygens (including phenoxy) is 1. The molecule has 0 spiro atoms. The number of halogens is 1. The average molecular weight is 365 g/mol. The summed E-state index contributed by atoms with van der Waals surface area (Å²) in [5, 5.41) is 7.06. The molecule has 0 radical (unpaired) electrons. The third kappa shape index (κ3) is 5.04. The summed E-state index contributed by atoms with van der Waals surface area (Å²) in [6.07, 6.45) is 6.58. The van der Waals surface area contributed by atoms with Gasteiger partial charge in [-0.05, 0) is 41.0 Å². The van der Waals surface area contributed by atoms with Gasteiger partial charge in [-0.25, -0.2) is 4.39 Å². The van der Waals surface area contributed by atoms with Crippen LogP contribution in [0.15, 0.2) is 67.0 Å². The van der Waals surface area contributed by atoms with E-state index in [1.807, 2.05) is 41.2 Å². The molecule has 1 N–H and O–H groups in total. The minimum atomic E-state index is -0.465. The Morgan fingerprint density at radius 2 is 2.04 bits per heavy atom. The van der Waals surface area contributed by atoms with E-state index in [0.29, 0.717) is 18.7 Å². The molecule has 0 saturated carbocycles. The maximum absolute atomic E-state index is 13.7. The van der Waals surface area contributed by atoms with Gasteiger partial charge >= 0.3 is 0 Å². The Hall–Kier alpha value is -3.41. The number of amides is 1. The van der Waals surface area contributed by atoms with Crippen LogP contribution in [-0.4, -0.2) is 22.8 Å². The largest absolute Gasteiger partial charge is 0.494 e. The molecule has 0 atom stereocenters. The van der Waals surface area contributed by atoms with Crippen LogP contribution in [0, 0.1) is 5.82 Å². The van der Waals surface area contributed by atoms with Gasteiger partial charge in [0.15, 0.2) is 11.6 Å². The summed E-state index contributed by atoms with van der Waals surface area (Å²) in [6.45, 7) is 1.04. The maximum Gasteiger partial charge on any atom is 0.244 e. The zero-order chi connectivity index (χ0) is 19.1. The second kappa shape index (κ2) is 8.80. The van der Waals surface area contributed by atoms with Crippen LogP contribution < -0.4 is 10.1 Å². The molecule has 1 heterocycles. The number of nitrogens with zero attached hydrogens (tertiary/aromatic N) is 2. The van der Waals surface area contributed by atoms with Crippen LogP contribution in [0.2, 0.25) is 0 Å². The van der Waals surface area contributed by atoms with E-state index in [1.54, 1.807) is 18.3 Å². The lowest BCUT2D eigenvalue weighted by molar-refractivity contribution is -0.116. The van der Waals surface area contributed by atoms with Gasteiger partial charge < -0.3 is 10.1 Å². The Labute approximate surface area is 157 Å². The summed E-state index contributed by atoms with van der Waals surface area (Å²) in [6, 6.07) is 14.3. The first kappa shape index (κ1) is 18.4. The van der Waals surface area contributed by atoms with Crippen molar-refractivity contribution in [2.24, 2.45) is 0 Å². The van der Waals surface area contributed by atoms with Crippen LogP contribution in [0.4, 0.5) is 4.39 Å². The second-order valence-corrected chi connectivity index (χ2v) is 5.92. The van der Waals surface area contributed by atoms with Gasteiger partial charge in [0.1, 0.15) is 0 Å². The normalized spacial score (nSPS) is 10.9. The highest BCUT2D eigenvalue weighted by molar-refractivity contribution is 5.91. The standard InChI is InChI=1S/C21H20FN3O2/c1-27-20-9-7-16(13-19(20)22)8-10-21(26)23-14-17-5-2-3-6-18(17)15-25-12-4-11-24-25/h2-13H,14-15H2,1H3,(H,23,26)/b10-8+. The van der Waals surface area contributed by atoms with Crippen LogP contribution in [0.1, 0.15) is 16.7 Å². The van der Waals surface area contributed by atoms with Crippen molar-refractivity contribution in [2.45, 2.75) is 13.1 Å². The molecule has 3 rings (SSSR count). The van der Waals surface area contributed by atoms with Gasteiger partial charge in [-0.3, -0.25) is 9.48 Å². The summed E-state index contributed by atoms with van der Waals surface area (Å²) in [5.74, 6) is -0.543. The molecule has 0 aliphatic rings. The van der Waals surface area contributed by atoms with Gasteiger partial charge in [0.25, 0.3) is 0 Å². The lowest BCUT2D eigenvalue weighted by Crippen LogP contribution is -2.21. The Balaban J connectivity index is 1.60. The molecule has 138 valence electrons. The molecule has 1 aromatic heterocycles. The molecule has 0 fully saturated rings. The molecule has 5 nitrogen and oxygen atoms in total. The number of nitrogens with one attached hydrogen (secondary N) is 1. The van der Waals surface area contributed by atoms with Crippen LogP contribution in [0.25, 0.3) is 6.08 Å². The van der Waals surface area contributed by atoms with Gasteiger partial charge in [-0.1, -0.05) is 30.3 Å². The quantitative estimate of drug-likeness (QED) is 0.653. The molecule has 3 aromatic rings. The van der Waals surface area contributed by atoms with Gasteiger partial charge in [-0.2, -0.15) is 5.10 Å². The fourth-order valence-corrected chi connectivity index (χ4v) is 2.65. The molecular formula is C21H20FN3O2. The van der Waals surface area contributed by atoms with Crippen LogP contribution in [0.5, 0.6) is 5.75 Å². The maximum atomic E-state index is 13.7. The average Bonchev–Trinajstić information content (AvgIpc) is 3.19. The Morgan fingerprint density at radius 3 is 2.74 bits per heavy atom. The number of rotatable bonds is 7. The predicted molar refractivity (Wildman–Crippen MR) is 102 cm³/mol. The number of aromatic nitrogens is 2. The first-order valence-corrected chi connectivity index (χ1v) is 8.49. The first-order valence-electron chi connectivity index (χ1n) is 8.49. The summed E-state index contributed by atoms with van der Waals surface area (Å²) in [5.41, 5.74) is 2.69. The molecule has 0 aliphatic carbocycles. The molecular weight excluding hydrogens is 345 g/mol. The Morgan fingerprint density at radius 1 is 1.22 bits per heavy atom. The predicted octanol–water partition coefficient (Wildman–Crippen LogP) is 3.41. The lowest BCUT2D eigenvalue weighted by Gasteiger charge is -2.10. The van der Waals surface area contributed by atoms with E-state index in [9.17, 15) is 9.18 Å². The van der Waals surface area contributed by atoms with E-state index in [-0.39, 0.29) is 11.7 Å². The minimum absolute atomic E-state index is 0.172. The van der Waals surface area contributed by atoms with E-state index < -0.39 is 5.82 Å². The number of hydrogen-bond donors (Lipinski definition) is 1. The second-order valence-electron chi connectivity index (χ2n) is 5.92. The molecule has 27 heavy (non-hydrogen) atoms. The summed E-state index contributed by atoms with van der Waals surface area (Å²) >= 11 is 0. The Bertz CT molecular complexity index is 936. The van der Waals surface area contributed by atoms with E-state index in [2.05, 4.69) is 10.4 Å². The van der Waals surface area contributed by atoms with Crippen molar-refractivity contribution in [3.8, 4) is 5.75 Å². The van der Waals surface area contributed by atoms with Gasteiger partial charge in [-0.15, -0.1) is 0 Å². The highest BCUT2D eigenvalue weighted by atomic mass is 19.1. The van der Waals surface area contributed by atoms with Crippen LogP contribution in [0.3, 0.4) is 0 Å². The van der Waals surface area contributed by atoms with Gasteiger partial charge in [0.2, 0.25) is 5.91 Å². The molecule has 0 aliphatic heterocycles. The van der Waals surface area contributed by atoms with Crippen molar-refractivity contribution in [3.63, 3.8) is 0 Å². The zero-order valence-electron chi connectivity index (χ0n) is 14.9. The van der Waals surface area contributed by atoms with Crippen molar-refractivity contribution in [3.05, 3.63) is 89.5 Å². The van der Waals surface area contributed by atoms with Crippen molar-refractivity contribution < 1.29 is 13.9 Å². The van der Waals surface area contributed by atoms with Crippen molar-refractivity contribution in [2.75, 3.05) is 7.11 Å². The number of methoxy groups -OCH3 is 1. The first-order chi connectivity index (χ1) is 13.2. The fraction of sp³-hybridized carbons (Fsp3) is 0.143. The molecule has 0 bridgehead atoms. The van der Waals surface area contributed by atoms with E-state index in [1.165, 1.54) is 25.3 Å². The van der Waals surface area contributed by atoms with Crippen molar-refractivity contribution in [1.29, 1.82) is 0 Å².